The van der Waals surface area contributed by atoms with Crippen LogP contribution in [0.3, 0.4) is 0 Å². The number of carbonyl (C=O) groups excluding carboxylic acids is 2. The first-order chi connectivity index (χ1) is 12.6. The Labute approximate surface area is 154 Å². The maximum Gasteiger partial charge on any atom is 0.225 e. The van der Waals surface area contributed by atoms with Crippen molar-refractivity contribution >= 4 is 11.8 Å². The molecule has 2 fully saturated rings. The van der Waals surface area contributed by atoms with E-state index in [9.17, 15) is 9.59 Å². The number of rotatable bonds is 6. The number of hydrogen-bond donors (Lipinski definition) is 1. The predicted molar refractivity (Wildman–Crippen MR) is 98.1 cm³/mol. The maximum absolute atomic E-state index is 13.0. The van der Waals surface area contributed by atoms with Crippen LogP contribution in [0.25, 0.3) is 0 Å². The number of carbonyl (C=O) groups is 2. The molecule has 1 N–H and O–H groups in total. The molecule has 2 atom stereocenters. The van der Waals surface area contributed by atoms with Gasteiger partial charge in [-0.15, -0.1) is 0 Å². The summed E-state index contributed by atoms with van der Waals surface area (Å²) >= 11 is 0. The highest BCUT2D eigenvalue weighted by atomic mass is 16.2. The Hall–Kier alpha value is -2.11. The third-order valence-corrected chi connectivity index (χ3v) is 5.92. The lowest BCUT2D eigenvalue weighted by atomic mass is 9.86. The first-order valence-corrected chi connectivity index (χ1v) is 9.89. The van der Waals surface area contributed by atoms with Crippen LogP contribution in [0.15, 0.2) is 24.0 Å². The molecule has 1 aromatic heterocycles. The molecule has 0 spiro atoms. The van der Waals surface area contributed by atoms with E-state index in [4.69, 9.17) is 0 Å². The van der Waals surface area contributed by atoms with Gasteiger partial charge in [0.25, 0.3) is 0 Å². The Bertz CT molecular complexity index is 719. The highest BCUT2D eigenvalue weighted by Crippen LogP contribution is 2.43. The molecule has 140 valence electrons. The molecular formula is C20H28N4O2. The number of aryl methyl sites for hydroxylation is 1. The number of imidazole rings is 1. The fourth-order valence-corrected chi connectivity index (χ4v) is 4.38. The van der Waals surface area contributed by atoms with Gasteiger partial charge in [-0.25, -0.2) is 4.98 Å². The lowest BCUT2D eigenvalue weighted by molar-refractivity contribution is -0.144. The fourth-order valence-electron chi connectivity index (χ4n) is 4.38. The summed E-state index contributed by atoms with van der Waals surface area (Å²) in [5.74, 6) is 0.839. The third kappa shape index (κ3) is 3.41. The highest BCUT2D eigenvalue weighted by molar-refractivity contribution is 5.85. The van der Waals surface area contributed by atoms with Crippen molar-refractivity contribution in [2.24, 2.45) is 13.0 Å². The van der Waals surface area contributed by atoms with Crippen LogP contribution in [0, 0.1) is 5.92 Å². The van der Waals surface area contributed by atoms with Crippen molar-refractivity contribution < 1.29 is 9.59 Å². The van der Waals surface area contributed by atoms with Gasteiger partial charge in [0.15, 0.2) is 0 Å². The van der Waals surface area contributed by atoms with Gasteiger partial charge in [-0.2, -0.15) is 0 Å². The van der Waals surface area contributed by atoms with Gasteiger partial charge in [0, 0.05) is 38.4 Å². The van der Waals surface area contributed by atoms with Gasteiger partial charge < -0.3 is 14.8 Å². The van der Waals surface area contributed by atoms with Crippen LogP contribution in [-0.2, 0) is 16.6 Å². The van der Waals surface area contributed by atoms with Crippen molar-refractivity contribution in [1.82, 2.24) is 19.8 Å². The van der Waals surface area contributed by atoms with Crippen LogP contribution >= 0.6 is 0 Å². The minimum Gasteiger partial charge on any atom is -0.355 e. The molecule has 1 aliphatic heterocycles. The van der Waals surface area contributed by atoms with E-state index >= 15 is 0 Å². The minimum atomic E-state index is -0.241. The van der Waals surface area contributed by atoms with E-state index in [1.807, 2.05) is 22.7 Å². The van der Waals surface area contributed by atoms with E-state index in [0.29, 0.717) is 19.4 Å². The van der Waals surface area contributed by atoms with E-state index in [1.165, 1.54) is 24.8 Å². The lowest BCUT2D eigenvalue weighted by Crippen LogP contribution is -2.49. The summed E-state index contributed by atoms with van der Waals surface area (Å²) in [5.41, 5.74) is 1.46. The molecule has 4 rings (SSSR count). The molecule has 3 aliphatic rings. The molecule has 0 unspecified atom stereocenters. The largest absolute Gasteiger partial charge is 0.355 e. The average molecular weight is 356 g/mol. The van der Waals surface area contributed by atoms with Crippen LogP contribution in [0.4, 0.5) is 0 Å². The third-order valence-electron chi connectivity index (χ3n) is 5.92. The molecule has 2 heterocycles. The first-order valence-electron chi connectivity index (χ1n) is 9.89. The summed E-state index contributed by atoms with van der Waals surface area (Å²) in [6.45, 7) is 0.686. The van der Waals surface area contributed by atoms with Gasteiger partial charge in [-0.1, -0.05) is 11.6 Å². The minimum absolute atomic E-state index is 0.0646. The van der Waals surface area contributed by atoms with Crippen molar-refractivity contribution in [2.45, 2.75) is 63.5 Å². The van der Waals surface area contributed by atoms with E-state index in [-0.39, 0.29) is 29.8 Å². The molecule has 2 aliphatic carbocycles. The Morgan fingerprint density at radius 2 is 2.15 bits per heavy atom. The van der Waals surface area contributed by atoms with Gasteiger partial charge in [0.05, 0.1) is 5.92 Å². The van der Waals surface area contributed by atoms with Gasteiger partial charge in [0.1, 0.15) is 11.9 Å². The lowest BCUT2D eigenvalue weighted by Gasteiger charge is -2.40. The standard InChI is InChI=1S/C20H28N4O2/c1-23-13-12-21-19(23)18-16(8-9-17(25)24(18)15-6-7-15)20(26)22-11-10-14-4-2-3-5-14/h4,12-13,15-16,18H,2-3,5-11H2,1H3,(H,22,26)/t16-,18-/m0/s1. The normalized spacial score (nSPS) is 26.1. The molecule has 6 nitrogen and oxygen atoms in total. The second-order valence-electron chi connectivity index (χ2n) is 7.81. The highest BCUT2D eigenvalue weighted by Gasteiger charge is 2.47. The molecule has 0 bridgehead atoms. The molecule has 2 amide bonds. The summed E-state index contributed by atoms with van der Waals surface area (Å²) in [5, 5.41) is 3.13. The van der Waals surface area contributed by atoms with Crippen molar-refractivity contribution in [1.29, 1.82) is 0 Å². The van der Waals surface area contributed by atoms with Crippen molar-refractivity contribution in [3.63, 3.8) is 0 Å². The summed E-state index contributed by atoms with van der Waals surface area (Å²) in [6, 6.07) is 0.0397. The maximum atomic E-state index is 13.0. The number of aromatic nitrogens is 2. The fraction of sp³-hybridized carbons (Fsp3) is 0.650. The number of likely N-dealkylation sites (tertiary alicyclic amines) is 1. The molecule has 6 heteroatoms. The zero-order chi connectivity index (χ0) is 18.1. The van der Waals surface area contributed by atoms with Gasteiger partial charge >= 0.3 is 0 Å². The van der Waals surface area contributed by atoms with Crippen LogP contribution in [0.2, 0.25) is 0 Å². The van der Waals surface area contributed by atoms with Gasteiger partial charge in [-0.3, -0.25) is 9.59 Å². The molecule has 0 aromatic carbocycles. The summed E-state index contributed by atoms with van der Waals surface area (Å²) in [4.78, 5) is 32.0. The van der Waals surface area contributed by atoms with Crippen molar-refractivity contribution in [3.05, 3.63) is 29.9 Å². The second kappa shape index (κ2) is 7.25. The van der Waals surface area contributed by atoms with Crippen LogP contribution in [-0.4, -0.2) is 38.9 Å². The molecule has 1 saturated heterocycles. The van der Waals surface area contributed by atoms with Crippen LogP contribution in [0.5, 0.6) is 0 Å². The predicted octanol–water partition coefficient (Wildman–Crippen LogP) is 2.48. The number of nitrogens with zero attached hydrogens (tertiary/aromatic N) is 3. The molecule has 1 saturated carbocycles. The number of nitrogens with one attached hydrogen (secondary N) is 1. The summed E-state index contributed by atoms with van der Waals surface area (Å²) in [7, 11) is 1.94. The summed E-state index contributed by atoms with van der Waals surface area (Å²) < 4.78 is 1.95. The number of piperidine rings is 1. The molecule has 0 radical (unpaired) electrons. The Kier molecular flexibility index (Phi) is 4.83. The number of allylic oxidation sites excluding steroid dienone is 1. The van der Waals surface area contributed by atoms with Crippen LogP contribution in [0.1, 0.15) is 63.2 Å². The first kappa shape index (κ1) is 17.3. The van der Waals surface area contributed by atoms with Gasteiger partial charge in [0.2, 0.25) is 11.8 Å². The number of amides is 2. The Morgan fingerprint density at radius 3 is 2.81 bits per heavy atom. The van der Waals surface area contributed by atoms with E-state index in [2.05, 4.69) is 16.4 Å². The monoisotopic (exact) mass is 356 g/mol. The quantitative estimate of drug-likeness (QED) is 0.796. The van der Waals surface area contributed by atoms with Crippen molar-refractivity contribution in [2.75, 3.05) is 6.54 Å². The van der Waals surface area contributed by atoms with E-state index in [1.54, 1.807) is 6.20 Å². The zero-order valence-corrected chi connectivity index (χ0v) is 15.5. The molecule has 26 heavy (non-hydrogen) atoms. The topological polar surface area (TPSA) is 67.2 Å². The van der Waals surface area contributed by atoms with Gasteiger partial charge in [-0.05, 0) is 44.9 Å². The van der Waals surface area contributed by atoms with E-state index < -0.39 is 0 Å². The second-order valence-corrected chi connectivity index (χ2v) is 7.81. The molecular weight excluding hydrogens is 328 g/mol. The Morgan fingerprint density at radius 1 is 1.31 bits per heavy atom. The van der Waals surface area contributed by atoms with Crippen molar-refractivity contribution in [3.8, 4) is 0 Å². The van der Waals surface area contributed by atoms with Crippen LogP contribution < -0.4 is 5.32 Å². The zero-order valence-electron chi connectivity index (χ0n) is 15.5. The number of hydrogen-bond acceptors (Lipinski definition) is 3. The Balaban J connectivity index is 1.49. The SMILES string of the molecule is Cn1ccnc1[C@@H]1[C@@H](C(=O)NCCC2=CCCC2)CCC(=O)N1C1CC1. The molecule has 1 aromatic rings. The average Bonchev–Trinajstić information content (AvgIpc) is 3.15. The summed E-state index contributed by atoms with van der Waals surface area (Å²) in [6.07, 6.45) is 13.6. The smallest absolute Gasteiger partial charge is 0.225 e. The van der Waals surface area contributed by atoms with E-state index in [0.717, 1.165) is 25.1 Å².